The number of hydrogen-bond donors (Lipinski definition) is 1. The van der Waals surface area contributed by atoms with E-state index in [0.717, 1.165) is 22.8 Å². The van der Waals surface area contributed by atoms with E-state index in [1.54, 1.807) is 0 Å². The van der Waals surface area contributed by atoms with E-state index in [9.17, 15) is 0 Å². The number of nitrogens with two attached hydrogens (primary N) is 1. The molecule has 0 saturated heterocycles. The van der Waals surface area contributed by atoms with Crippen molar-refractivity contribution >= 4 is 0 Å². The molecule has 1 saturated carbocycles. The predicted molar refractivity (Wildman–Crippen MR) is 80.2 cm³/mol. The molecule has 2 aromatic rings. The topological polar surface area (TPSA) is 56.7 Å². The second-order valence-electron chi connectivity index (χ2n) is 5.64. The molecule has 4 nitrogen and oxygen atoms in total. The second-order valence-corrected chi connectivity index (χ2v) is 5.64. The molecule has 0 bridgehead atoms. The quantitative estimate of drug-likeness (QED) is 0.931. The van der Waals surface area contributed by atoms with Crippen molar-refractivity contribution in [3.63, 3.8) is 0 Å². The minimum absolute atomic E-state index is 0.551. The molecule has 1 aromatic heterocycles. The van der Waals surface area contributed by atoms with Gasteiger partial charge < -0.3 is 10.3 Å². The van der Waals surface area contributed by atoms with Crippen LogP contribution in [-0.4, -0.2) is 14.8 Å². The highest BCUT2D eigenvalue weighted by Gasteiger charge is 2.21. The van der Waals surface area contributed by atoms with Gasteiger partial charge in [-0.1, -0.05) is 37.5 Å². The SMILES string of the molecule is Cc1nnc(-c2cccc(CN)c2)n1C1CCCCC1. The van der Waals surface area contributed by atoms with Gasteiger partial charge in [0.25, 0.3) is 0 Å². The zero-order valence-corrected chi connectivity index (χ0v) is 12.0. The van der Waals surface area contributed by atoms with Crippen LogP contribution in [0.4, 0.5) is 0 Å². The first-order valence-electron chi connectivity index (χ1n) is 7.50. The molecule has 1 aromatic carbocycles. The predicted octanol–water partition coefficient (Wildman–Crippen LogP) is 3.22. The Morgan fingerprint density at radius 1 is 1.20 bits per heavy atom. The monoisotopic (exact) mass is 270 g/mol. The van der Waals surface area contributed by atoms with E-state index in [0.29, 0.717) is 12.6 Å². The summed E-state index contributed by atoms with van der Waals surface area (Å²) in [6.07, 6.45) is 6.45. The third-order valence-electron chi connectivity index (χ3n) is 4.23. The first kappa shape index (κ1) is 13.3. The lowest BCUT2D eigenvalue weighted by Crippen LogP contribution is -2.15. The highest BCUT2D eigenvalue weighted by molar-refractivity contribution is 5.56. The fraction of sp³-hybridized carbons (Fsp3) is 0.500. The largest absolute Gasteiger partial charge is 0.326 e. The maximum absolute atomic E-state index is 5.74. The molecule has 0 amide bonds. The maximum Gasteiger partial charge on any atom is 0.164 e. The number of rotatable bonds is 3. The van der Waals surface area contributed by atoms with Crippen molar-refractivity contribution in [3.05, 3.63) is 35.7 Å². The van der Waals surface area contributed by atoms with Gasteiger partial charge in [0.05, 0.1) is 0 Å². The molecule has 0 radical (unpaired) electrons. The van der Waals surface area contributed by atoms with Gasteiger partial charge in [-0.3, -0.25) is 0 Å². The van der Waals surface area contributed by atoms with Crippen molar-refractivity contribution in [2.45, 2.75) is 51.6 Å². The number of nitrogens with zero attached hydrogens (tertiary/aromatic N) is 3. The third-order valence-corrected chi connectivity index (χ3v) is 4.23. The van der Waals surface area contributed by atoms with E-state index in [-0.39, 0.29) is 0 Å². The first-order valence-corrected chi connectivity index (χ1v) is 7.50. The van der Waals surface area contributed by atoms with Crippen LogP contribution in [0.15, 0.2) is 24.3 Å². The summed E-state index contributed by atoms with van der Waals surface area (Å²) >= 11 is 0. The van der Waals surface area contributed by atoms with Gasteiger partial charge in [-0.25, -0.2) is 0 Å². The lowest BCUT2D eigenvalue weighted by Gasteiger charge is -2.25. The molecule has 1 fully saturated rings. The van der Waals surface area contributed by atoms with Crippen molar-refractivity contribution < 1.29 is 0 Å². The van der Waals surface area contributed by atoms with Crippen LogP contribution in [0.5, 0.6) is 0 Å². The molecule has 106 valence electrons. The van der Waals surface area contributed by atoms with Gasteiger partial charge in [0.2, 0.25) is 0 Å². The molecule has 0 aliphatic heterocycles. The molecule has 1 heterocycles. The van der Waals surface area contributed by atoms with Crippen LogP contribution in [0, 0.1) is 6.92 Å². The molecule has 0 atom stereocenters. The van der Waals surface area contributed by atoms with Crippen LogP contribution in [-0.2, 0) is 6.54 Å². The van der Waals surface area contributed by atoms with Gasteiger partial charge in [0.1, 0.15) is 5.82 Å². The molecule has 1 aliphatic rings. The average Bonchev–Trinajstić information content (AvgIpc) is 2.90. The Morgan fingerprint density at radius 2 is 2.00 bits per heavy atom. The minimum atomic E-state index is 0.551. The standard InChI is InChI=1S/C16H22N4/c1-12-18-19-16(14-7-5-6-13(10-14)11-17)20(12)15-8-3-2-4-9-15/h5-7,10,15H,2-4,8-9,11,17H2,1H3. The summed E-state index contributed by atoms with van der Waals surface area (Å²) in [5, 5.41) is 8.71. The molecule has 1 aliphatic carbocycles. The summed E-state index contributed by atoms with van der Waals surface area (Å²) in [5.74, 6) is 2.01. The minimum Gasteiger partial charge on any atom is -0.326 e. The number of aromatic nitrogens is 3. The zero-order valence-electron chi connectivity index (χ0n) is 12.0. The maximum atomic E-state index is 5.74. The molecule has 3 rings (SSSR count). The first-order chi connectivity index (χ1) is 9.79. The Hall–Kier alpha value is -1.68. The van der Waals surface area contributed by atoms with Crippen LogP contribution < -0.4 is 5.73 Å². The third kappa shape index (κ3) is 2.48. The number of benzene rings is 1. The van der Waals surface area contributed by atoms with Gasteiger partial charge >= 0.3 is 0 Å². The lowest BCUT2D eigenvalue weighted by atomic mass is 9.95. The van der Waals surface area contributed by atoms with Crippen LogP contribution in [0.25, 0.3) is 11.4 Å². The smallest absolute Gasteiger partial charge is 0.164 e. The van der Waals surface area contributed by atoms with Crippen molar-refractivity contribution in [2.24, 2.45) is 5.73 Å². The van der Waals surface area contributed by atoms with Crippen molar-refractivity contribution in [2.75, 3.05) is 0 Å². The Labute approximate surface area is 120 Å². The highest BCUT2D eigenvalue weighted by atomic mass is 15.3. The van der Waals surface area contributed by atoms with E-state index in [1.165, 1.54) is 32.1 Å². The lowest BCUT2D eigenvalue weighted by molar-refractivity contribution is 0.350. The van der Waals surface area contributed by atoms with Gasteiger partial charge in [-0.2, -0.15) is 0 Å². The molecule has 4 heteroatoms. The molecule has 2 N–H and O–H groups in total. The van der Waals surface area contributed by atoms with Crippen LogP contribution in [0.2, 0.25) is 0 Å². The Balaban J connectivity index is 2.00. The highest BCUT2D eigenvalue weighted by Crippen LogP contribution is 2.32. The Bertz CT molecular complexity index is 582. The van der Waals surface area contributed by atoms with Crippen molar-refractivity contribution in [1.82, 2.24) is 14.8 Å². The second kappa shape index (κ2) is 5.75. The summed E-state index contributed by atoms with van der Waals surface area (Å²) in [6, 6.07) is 8.88. The average molecular weight is 270 g/mol. The van der Waals surface area contributed by atoms with E-state index in [1.807, 2.05) is 6.07 Å². The Morgan fingerprint density at radius 3 is 2.75 bits per heavy atom. The van der Waals surface area contributed by atoms with Gasteiger partial charge in [0.15, 0.2) is 5.82 Å². The summed E-state index contributed by atoms with van der Waals surface area (Å²) in [4.78, 5) is 0. The van der Waals surface area contributed by atoms with Crippen molar-refractivity contribution in [3.8, 4) is 11.4 Å². The van der Waals surface area contributed by atoms with E-state index in [4.69, 9.17) is 5.73 Å². The summed E-state index contributed by atoms with van der Waals surface area (Å²) in [5.41, 5.74) is 8.00. The fourth-order valence-electron chi connectivity index (χ4n) is 3.18. The fourth-order valence-corrected chi connectivity index (χ4v) is 3.18. The van der Waals surface area contributed by atoms with Crippen LogP contribution in [0.3, 0.4) is 0 Å². The molecular weight excluding hydrogens is 248 g/mol. The van der Waals surface area contributed by atoms with Gasteiger partial charge in [-0.15, -0.1) is 10.2 Å². The normalized spacial score (nSPS) is 16.5. The number of hydrogen-bond acceptors (Lipinski definition) is 3. The van der Waals surface area contributed by atoms with Crippen LogP contribution in [0.1, 0.15) is 49.5 Å². The van der Waals surface area contributed by atoms with E-state index < -0.39 is 0 Å². The molecule has 20 heavy (non-hydrogen) atoms. The molecule has 0 unspecified atom stereocenters. The van der Waals surface area contributed by atoms with Crippen LogP contribution >= 0.6 is 0 Å². The summed E-state index contributed by atoms with van der Waals surface area (Å²) < 4.78 is 2.33. The summed E-state index contributed by atoms with van der Waals surface area (Å²) in [6.45, 7) is 2.61. The summed E-state index contributed by atoms with van der Waals surface area (Å²) in [7, 11) is 0. The van der Waals surface area contributed by atoms with Gasteiger partial charge in [-0.05, 0) is 31.4 Å². The van der Waals surface area contributed by atoms with E-state index >= 15 is 0 Å². The van der Waals surface area contributed by atoms with E-state index in [2.05, 4.69) is 39.9 Å². The van der Waals surface area contributed by atoms with Crippen molar-refractivity contribution in [1.29, 1.82) is 0 Å². The zero-order chi connectivity index (χ0) is 13.9. The number of aryl methyl sites for hydroxylation is 1. The Kier molecular flexibility index (Phi) is 3.83. The molecular formula is C16H22N4. The molecule has 0 spiro atoms. The van der Waals surface area contributed by atoms with Gasteiger partial charge in [0, 0.05) is 18.2 Å².